The Kier molecular flexibility index (Phi) is 6.82. The number of H-pyrrole nitrogens is 1. The van der Waals surface area contributed by atoms with E-state index in [1.807, 2.05) is 30.3 Å². The number of aromatic amines is 1. The number of benzene rings is 2. The first-order valence-electron chi connectivity index (χ1n) is 13.1. The van der Waals surface area contributed by atoms with Gasteiger partial charge in [0.15, 0.2) is 0 Å². The van der Waals surface area contributed by atoms with Crippen molar-refractivity contribution >= 4 is 34.1 Å². The first-order valence-corrected chi connectivity index (χ1v) is 13.1. The number of fused-ring (bicyclic) bond motifs is 1. The summed E-state index contributed by atoms with van der Waals surface area (Å²) in [6.45, 7) is 2.21. The molecule has 0 saturated carbocycles. The number of piperazine rings is 1. The van der Waals surface area contributed by atoms with Gasteiger partial charge in [0.25, 0.3) is 5.91 Å². The Morgan fingerprint density at radius 2 is 1.73 bits per heavy atom. The molecule has 9 nitrogen and oxygen atoms in total. The molecule has 0 aliphatic carbocycles. The maximum Gasteiger partial charge on any atom is 0.433 e. The maximum absolute atomic E-state index is 13.5. The van der Waals surface area contributed by atoms with Crippen LogP contribution in [0.3, 0.4) is 0 Å². The van der Waals surface area contributed by atoms with Crippen molar-refractivity contribution < 1.29 is 22.8 Å². The van der Waals surface area contributed by atoms with E-state index in [2.05, 4.69) is 15.3 Å². The zero-order valence-corrected chi connectivity index (χ0v) is 21.9. The van der Waals surface area contributed by atoms with Crippen LogP contribution in [-0.4, -0.2) is 74.3 Å². The summed E-state index contributed by atoms with van der Waals surface area (Å²) in [7, 11) is 0. The highest BCUT2D eigenvalue weighted by molar-refractivity contribution is 5.94. The van der Waals surface area contributed by atoms with Gasteiger partial charge in [-0.3, -0.25) is 19.4 Å². The van der Waals surface area contributed by atoms with Crippen LogP contribution in [-0.2, 0) is 17.5 Å². The van der Waals surface area contributed by atoms with E-state index in [9.17, 15) is 22.8 Å². The predicted octanol–water partition coefficient (Wildman–Crippen LogP) is 4.18. The fourth-order valence-electron chi connectivity index (χ4n) is 5.16. The van der Waals surface area contributed by atoms with Gasteiger partial charge in [-0.05, 0) is 36.4 Å². The highest BCUT2D eigenvalue weighted by Gasteiger charge is 2.37. The summed E-state index contributed by atoms with van der Waals surface area (Å²) in [6.07, 6.45) is 3.58. The van der Waals surface area contributed by atoms with Gasteiger partial charge in [0.1, 0.15) is 12.2 Å². The second-order valence-corrected chi connectivity index (χ2v) is 9.86. The normalized spacial score (nSPS) is 15.9. The third kappa shape index (κ3) is 5.32. The molecule has 2 aromatic carbocycles. The highest BCUT2D eigenvalue weighted by Crippen LogP contribution is 2.37. The molecule has 4 aromatic rings. The number of halogens is 3. The summed E-state index contributed by atoms with van der Waals surface area (Å²) >= 11 is 0. The van der Waals surface area contributed by atoms with Crippen LogP contribution in [0.2, 0.25) is 0 Å². The van der Waals surface area contributed by atoms with Crippen molar-refractivity contribution in [3.63, 3.8) is 0 Å². The number of anilines is 1. The van der Waals surface area contributed by atoms with Crippen LogP contribution in [0.25, 0.3) is 16.6 Å². The largest absolute Gasteiger partial charge is 0.433 e. The Bertz CT molecular complexity index is 1650. The lowest BCUT2D eigenvalue weighted by Crippen LogP contribution is -2.51. The molecule has 1 N–H and O–H groups in total. The van der Waals surface area contributed by atoms with Crippen LogP contribution in [0.5, 0.6) is 0 Å². The molecular formula is C29H26F3N7O2. The van der Waals surface area contributed by atoms with E-state index in [0.29, 0.717) is 55.2 Å². The van der Waals surface area contributed by atoms with Crippen LogP contribution in [0.15, 0.2) is 79.2 Å². The van der Waals surface area contributed by atoms with Gasteiger partial charge >= 0.3 is 6.18 Å². The molecule has 0 bridgehead atoms. The molecule has 2 amide bonds. The summed E-state index contributed by atoms with van der Waals surface area (Å²) in [6, 6.07) is 14.5. The Labute approximate surface area is 233 Å². The highest BCUT2D eigenvalue weighted by atomic mass is 19.4. The topological polar surface area (TPSA) is 90.4 Å². The van der Waals surface area contributed by atoms with E-state index in [-0.39, 0.29) is 23.9 Å². The third-order valence-corrected chi connectivity index (χ3v) is 7.25. The number of hydrogen-bond donors (Lipinski definition) is 1. The number of hydrogen-bond acceptors (Lipinski definition) is 5. The molecule has 1 saturated heterocycles. The quantitative estimate of drug-likeness (QED) is 0.395. The zero-order chi connectivity index (χ0) is 28.6. The Hall–Kier alpha value is -4.87. The number of allylic oxidation sites excluding steroid dienone is 2. The fraction of sp³-hybridized carbons (Fsp3) is 0.241. The average molecular weight is 562 g/mol. The molecule has 41 heavy (non-hydrogen) atoms. The molecule has 4 heterocycles. The molecule has 210 valence electrons. The monoisotopic (exact) mass is 561 g/mol. The van der Waals surface area contributed by atoms with Crippen molar-refractivity contribution in [2.45, 2.75) is 12.7 Å². The Balaban J connectivity index is 1.14. The summed E-state index contributed by atoms with van der Waals surface area (Å²) in [5, 5.41) is 11.0. The lowest BCUT2D eigenvalue weighted by molar-refractivity contribution is -0.141. The lowest BCUT2D eigenvalue weighted by atomic mass is 10.1. The minimum absolute atomic E-state index is 0.0335. The van der Waals surface area contributed by atoms with Crippen LogP contribution in [0.4, 0.5) is 18.9 Å². The number of rotatable bonds is 5. The maximum atomic E-state index is 13.5. The third-order valence-electron chi connectivity index (χ3n) is 7.25. The van der Waals surface area contributed by atoms with Gasteiger partial charge in [0.2, 0.25) is 5.91 Å². The van der Waals surface area contributed by atoms with Gasteiger partial charge in [0, 0.05) is 61.1 Å². The molecule has 0 unspecified atom stereocenters. The van der Waals surface area contributed by atoms with Crippen LogP contribution >= 0.6 is 0 Å². The van der Waals surface area contributed by atoms with Crippen molar-refractivity contribution in [2.75, 3.05) is 37.6 Å². The molecule has 0 atom stereocenters. The summed E-state index contributed by atoms with van der Waals surface area (Å²) in [4.78, 5) is 31.0. The molecule has 2 aromatic heterocycles. The van der Waals surface area contributed by atoms with Crippen LogP contribution < -0.4 is 4.90 Å². The lowest BCUT2D eigenvalue weighted by Gasteiger charge is -2.34. The van der Waals surface area contributed by atoms with Gasteiger partial charge in [0.05, 0.1) is 17.4 Å². The van der Waals surface area contributed by atoms with E-state index in [1.165, 1.54) is 6.20 Å². The van der Waals surface area contributed by atoms with Crippen LogP contribution in [0, 0.1) is 0 Å². The first-order chi connectivity index (χ1) is 19.8. The van der Waals surface area contributed by atoms with Gasteiger partial charge < -0.3 is 14.7 Å². The first kappa shape index (κ1) is 26.4. The van der Waals surface area contributed by atoms with E-state index < -0.39 is 11.9 Å². The van der Waals surface area contributed by atoms with E-state index in [4.69, 9.17) is 0 Å². The standard InChI is InChI=1S/C29H26F3N7O2/c30-29(31,32)27-23(17-33-34-27)25-8-4-5-11-39(25)22-9-10-24-21(16-22)18-38(35-24)19-26(40)36-12-14-37(15-13-36)28(41)20-6-2-1-3-7-20/h1-10,16-18H,11-15,19H2,(H,33,34). The Morgan fingerprint density at radius 3 is 2.49 bits per heavy atom. The van der Waals surface area contributed by atoms with E-state index in [0.717, 1.165) is 5.39 Å². The number of aromatic nitrogens is 4. The van der Waals surface area contributed by atoms with Crippen molar-refractivity contribution in [1.82, 2.24) is 29.8 Å². The van der Waals surface area contributed by atoms with Crippen molar-refractivity contribution in [1.29, 1.82) is 0 Å². The number of amides is 2. The summed E-state index contributed by atoms with van der Waals surface area (Å²) < 4.78 is 42.2. The predicted molar refractivity (Wildman–Crippen MR) is 147 cm³/mol. The molecule has 0 radical (unpaired) electrons. The van der Waals surface area contributed by atoms with Gasteiger partial charge in [-0.25, -0.2) is 0 Å². The van der Waals surface area contributed by atoms with Crippen molar-refractivity contribution in [3.05, 3.63) is 96.0 Å². The summed E-state index contributed by atoms with van der Waals surface area (Å²) in [5.74, 6) is -0.146. The minimum Gasteiger partial charge on any atom is -0.338 e. The zero-order valence-electron chi connectivity index (χ0n) is 21.9. The van der Waals surface area contributed by atoms with E-state index in [1.54, 1.807) is 62.0 Å². The van der Waals surface area contributed by atoms with Gasteiger partial charge in [-0.2, -0.15) is 23.4 Å². The van der Waals surface area contributed by atoms with Gasteiger partial charge in [-0.15, -0.1) is 0 Å². The molecule has 2 aliphatic rings. The molecule has 12 heteroatoms. The smallest absolute Gasteiger partial charge is 0.338 e. The van der Waals surface area contributed by atoms with E-state index >= 15 is 0 Å². The fourth-order valence-corrected chi connectivity index (χ4v) is 5.16. The molecule has 1 fully saturated rings. The average Bonchev–Trinajstić information content (AvgIpc) is 3.64. The molecule has 6 rings (SSSR count). The second kappa shape index (κ2) is 10.6. The SMILES string of the molecule is O=C(Cn1cc2cc(N3CC=CC=C3c3cn[nH]c3C(F)(F)F)ccc2n1)N1CCN(C(=O)c2ccccc2)CC1. The number of nitrogens with one attached hydrogen (secondary N) is 1. The van der Waals surface area contributed by atoms with Gasteiger partial charge in [-0.1, -0.05) is 30.4 Å². The number of carbonyl (C=O) groups is 2. The second-order valence-electron chi connectivity index (χ2n) is 9.86. The number of nitrogens with zero attached hydrogens (tertiary/aromatic N) is 6. The summed E-state index contributed by atoms with van der Waals surface area (Å²) in [5.41, 5.74) is 1.42. The molecular weight excluding hydrogens is 535 g/mol. The Morgan fingerprint density at radius 1 is 0.976 bits per heavy atom. The number of alkyl halides is 3. The minimum atomic E-state index is -4.57. The van der Waals surface area contributed by atoms with Crippen molar-refractivity contribution in [2.24, 2.45) is 0 Å². The van der Waals surface area contributed by atoms with Crippen LogP contribution in [0.1, 0.15) is 21.6 Å². The van der Waals surface area contributed by atoms with Crippen molar-refractivity contribution in [3.8, 4) is 0 Å². The number of carbonyl (C=O) groups excluding carboxylic acids is 2. The molecule has 0 spiro atoms. The molecule has 2 aliphatic heterocycles.